The molecule has 0 saturated heterocycles. The molecule has 1 saturated carbocycles. The van der Waals surface area contributed by atoms with Gasteiger partial charge in [-0.15, -0.1) is 0 Å². The average molecular weight is 395 g/mol. The molecule has 6 nitrogen and oxygen atoms in total. The minimum absolute atomic E-state index is 0.340. The maximum absolute atomic E-state index is 5.92. The number of nitrogens with zero attached hydrogens (tertiary/aromatic N) is 2. The van der Waals surface area contributed by atoms with Crippen molar-refractivity contribution in [3.63, 3.8) is 0 Å². The highest BCUT2D eigenvalue weighted by atomic mass is 16.5. The van der Waals surface area contributed by atoms with Crippen molar-refractivity contribution in [3.05, 3.63) is 53.2 Å². The fourth-order valence-electron chi connectivity index (χ4n) is 3.89. The number of nitrogens with one attached hydrogen (secondary N) is 2. The smallest absolute Gasteiger partial charge is 0.213 e. The first-order valence-corrected chi connectivity index (χ1v) is 10.6. The van der Waals surface area contributed by atoms with Gasteiger partial charge < -0.3 is 20.1 Å². The minimum atomic E-state index is 0.340. The molecule has 0 spiro atoms. The summed E-state index contributed by atoms with van der Waals surface area (Å²) in [6.07, 6.45) is 8.99. The first-order valence-electron chi connectivity index (χ1n) is 10.6. The molecule has 0 bridgehead atoms. The Morgan fingerprint density at radius 3 is 2.83 bits per heavy atom. The van der Waals surface area contributed by atoms with E-state index in [9.17, 15) is 0 Å². The van der Waals surface area contributed by atoms with Gasteiger partial charge >= 0.3 is 0 Å². The van der Waals surface area contributed by atoms with E-state index >= 15 is 0 Å². The summed E-state index contributed by atoms with van der Waals surface area (Å²) >= 11 is 0. The molecule has 0 amide bonds. The van der Waals surface area contributed by atoms with Crippen LogP contribution in [0.25, 0.3) is 0 Å². The van der Waals surface area contributed by atoms with Gasteiger partial charge in [0, 0.05) is 38.8 Å². The van der Waals surface area contributed by atoms with Crippen molar-refractivity contribution in [1.29, 1.82) is 0 Å². The number of hydrogen-bond donors (Lipinski definition) is 2. The lowest BCUT2D eigenvalue weighted by molar-refractivity contribution is 0.201. The second-order valence-electron chi connectivity index (χ2n) is 7.67. The third-order valence-corrected chi connectivity index (χ3v) is 5.53. The van der Waals surface area contributed by atoms with E-state index in [1.807, 2.05) is 12.3 Å². The molecule has 4 rings (SSSR count). The van der Waals surface area contributed by atoms with E-state index in [4.69, 9.17) is 9.47 Å². The molecule has 2 aromatic rings. The first kappa shape index (κ1) is 19.6. The molecule has 0 atom stereocenters. The molecule has 0 unspecified atom stereocenters. The van der Waals surface area contributed by atoms with Gasteiger partial charge in [0.25, 0.3) is 0 Å². The Bertz CT molecular complexity index is 829. The molecule has 2 aliphatic rings. The molecule has 0 radical (unpaired) electrons. The number of rotatable bonds is 7. The number of fused-ring (bicyclic) bond motifs is 1. The van der Waals surface area contributed by atoms with Gasteiger partial charge in [-0.3, -0.25) is 4.99 Å². The standard InChI is InChI=1S/C23H30N4O2/c1-24-23(25-12-10-17-6-8-21-19(14-17)11-13-28-21)27-16-18-7-9-22(26-15-18)29-20-4-2-3-5-20/h6-9,14-15,20H,2-5,10-13,16H2,1H3,(H2,24,25,27). The molecular formula is C23H30N4O2. The monoisotopic (exact) mass is 394 g/mol. The second kappa shape index (κ2) is 9.63. The van der Waals surface area contributed by atoms with E-state index in [1.165, 1.54) is 24.0 Å². The molecule has 1 fully saturated rings. The van der Waals surface area contributed by atoms with Crippen LogP contribution in [-0.2, 0) is 19.4 Å². The largest absolute Gasteiger partial charge is 0.493 e. The summed E-state index contributed by atoms with van der Waals surface area (Å²) in [6.45, 7) is 2.30. The van der Waals surface area contributed by atoms with E-state index in [0.29, 0.717) is 12.6 Å². The van der Waals surface area contributed by atoms with E-state index < -0.39 is 0 Å². The van der Waals surface area contributed by atoms with Gasteiger partial charge in [-0.2, -0.15) is 0 Å². The predicted molar refractivity (Wildman–Crippen MR) is 115 cm³/mol. The summed E-state index contributed by atoms with van der Waals surface area (Å²) in [4.78, 5) is 8.75. The van der Waals surface area contributed by atoms with E-state index in [2.05, 4.69) is 44.9 Å². The Kier molecular flexibility index (Phi) is 6.49. The Morgan fingerprint density at radius 1 is 1.17 bits per heavy atom. The second-order valence-corrected chi connectivity index (χ2v) is 7.67. The SMILES string of the molecule is CN=C(NCCc1ccc2c(c1)CCO2)NCc1ccc(OC2CCCC2)nc1. The molecule has 1 aliphatic carbocycles. The van der Waals surface area contributed by atoms with Crippen molar-refractivity contribution in [3.8, 4) is 11.6 Å². The molecule has 1 aliphatic heterocycles. The number of hydrogen-bond acceptors (Lipinski definition) is 4. The van der Waals surface area contributed by atoms with Gasteiger partial charge in [0.05, 0.1) is 6.61 Å². The van der Waals surface area contributed by atoms with Crippen molar-refractivity contribution in [2.75, 3.05) is 20.2 Å². The van der Waals surface area contributed by atoms with Crippen LogP contribution < -0.4 is 20.1 Å². The summed E-state index contributed by atoms with van der Waals surface area (Å²) in [5, 5.41) is 6.72. The molecular weight excluding hydrogens is 364 g/mol. The minimum Gasteiger partial charge on any atom is -0.493 e. The fourth-order valence-corrected chi connectivity index (χ4v) is 3.89. The van der Waals surface area contributed by atoms with Gasteiger partial charge in [0.15, 0.2) is 5.96 Å². The number of aromatic nitrogens is 1. The number of guanidine groups is 1. The lowest BCUT2D eigenvalue weighted by Gasteiger charge is -2.14. The number of aliphatic imine (C=N–C) groups is 1. The number of pyridine rings is 1. The van der Waals surface area contributed by atoms with Gasteiger partial charge in [0.1, 0.15) is 11.9 Å². The van der Waals surface area contributed by atoms with Crippen LogP contribution in [0.4, 0.5) is 0 Å². The molecule has 154 valence electrons. The third-order valence-electron chi connectivity index (χ3n) is 5.53. The zero-order valence-electron chi connectivity index (χ0n) is 17.1. The highest BCUT2D eigenvalue weighted by Crippen LogP contribution is 2.26. The fraction of sp³-hybridized carbons (Fsp3) is 0.478. The van der Waals surface area contributed by atoms with Gasteiger partial charge in [-0.05, 0) is 54.9 Å². The van der Waals surface area contributed by atoms with E-state index in [0.717, 1.165) is 62.0 Å². The van der Waals surface area contributed by atoms with Crippen LogP contribution in [0, 0.1) is 0 Å². The van der Waals surface area contributed by atoms with Crippen LogP contribution >= 0.6 is 0 Å². The van der Waals surface area contributed by atoms with Crippen molar-refractivity contribution in [2.24, 2.45) is 4.99 Å². The van der Waals surface area contributed by atoms with Gasteiger partial charge in [-0.25, -0.2) is 4.98 Å². The zero-order chi connectivity index (χ0) is 19.9. The Hall–Kier alpha value is -2.76. The summed E-state index contributed by atoms with van der Waals surface area (Å²) in [6, 6.07) is 10.5. The molecule has 2 heterocycles. The van der Waals surface area contributed by atoms with Crippen LogP contribution in [0.15, 0.2) is 41.5 Å². The highest BCUT2D eigenvalue weighted by Gasteiger charge is 2.16. The molecule has 2 N–H and O–H groups in total. The van der Waals surface area contributed by atoms with Crippen molar-refractivity contribution in [2.45, 2.75) is 51.2 Å². The Labute approximate surface area is 172 Å². The van der Waals surface area contributed by atoms with E-state index in [1.54, 1.807) is 7.05 Å². The van der Waals surface area contributed by atoms with Gasteiger partial charge in [-0.1, -0.05) is 18.2 Å². The van der Waals surface area contributed by atoms with Crippen LogP contribution in [0.2, 0.25) is 0 Å². The molecule has 1 aromatic heterocycles. The maximum Gasteiger partial charge on any atom is 0.213 e. The number of benzene rings is 1. The van der Waals surface area contributed by atoms with Crippen molar-refractivity contribution < 1.29 is 9.47 Å². The molecule has 6 heteroatoms. The third kappa shape index (κ3) is 5.40. The quantitative estimate of drug-likeness (QED) is 0.557. The summed E-state index contributed by atoms with van der Waals surface area (Å²) < 4.78 is 11.5. The normalized spacial score (nSPS) is 16.4. The number of ether oxygens (including phenoxy) is 2. The van der Waals surface area contributed by atoms with Gasteiger partial charge in [0.2, 0.25) is 5.88 Å². The topological polar surface area (TPSA) is 67.8 Å². The van der Waals surface area contributed by atoms with Crippen LogP contribution in [0.1, 0.15) is 42.4 Å². The van der Waals surface area contributed by atoms with Crippen LogP contribution in [-0.4, -0.2) is 37.2 Å². The van der Waals surface area contributed by atoms with E-state index in [-0.39, 0.29) is 0 Å². The molecule has 1 aromatic carbocycles. The lowest BCUT2D eigenvalue weighted by atomic mass is 10.1. The van der Waals surface area contributed by atoms with Crippen LogP contribution in [0.5, 0.6) is 11.6 Å². The predicted octanol–water partition coefficient (Wildman–Crippen LogP) is 3.25. The first-order chi connectivity index (χ1) is 14.3. The molecule has 29 heavy (non-hydrogen) atoms. The van der Waals surface area contributed by atoms with Crippen molar-refractivity contribution >= 4 is 5.96 Å². The summed E-state index contributed by atoms with van der Waals surface area (Å²) in [7, 11) is 1.79. The summed E-state index contributed by atoms with van der Waals surface area (Å²) in [5.41, 5.74) is 3.74. The highest BCUT2D eigenvalue weighted by molar-refractivity contribution is 5.79. The Balaban J connectivity index is 1.20. The Morgan fingerprint density at radius 2 is 2.03 bits per heavy atom. The maximum atomic E-state index is 5.92. The zero-order valence-corrected chi connectivity index (χ0v) is 17.1. The summed E-state index contributed by atoms with van der Waals surface area (Å²) in [5.74, 6) is 2.55. The van der Waals surface area contributed by atoms with Crippen LogP contribution in [0.3, 0.4) is 0 Å². The van der Waals surface area contributed by atoms with Crippen molar-refractivity contribution in [1.82, 2.24) is 15.6 Å². The lowest BCUT2D eigenvalue weighted by Crippen LogP contribution is -2.37. The average Bonchev–Trinajstić information content (AvgIpc) is 3.43.